The van der Waals surface area contributed by atoms with Gasteiger partial charge in [-0.25, -0.2) is 0 Å². The summed E-state index contributed by atoms with van der Waals surface area (Å²) < 4.78 is 0. The molecule has 0 bridgehead atoms. The van der Waals surface area contributed by atoms with Crippen molar-refractivity contribution in [3.8, 4) is 0 Å². The molecule has 0 unspecified atom stereocenters. The highest BCUT2D eigenvalue weighted by Crippen LogP contribution is 2.17. The van der Waals surface area contributed by atoms with Gasteiger partial charge in [-0.05, 0) is 11.5 Å². The zero-order chi connectivity index (χ0) is 9.56. The highest BCUT2D eigenvalue weighted by molar-refractivity contribution is 8.06. The lowest BCUT2D eigenvalue weighted by Crippen LogP contribution is -2.22. The maximum absolute atomic E-state index is 11.4. The van der Waals surface area contributed by atoms with Crippen LogP contribution < -0.4 is 0 Å². The van der Waals surface area contributed by atoms with E-state index < -0.39 is 0 Å². The number of hydrogen-bond donors (Lipinski definition) is 0. The second kappa shape index (κ2) is 5.66. The van der Waals surface area contributed by atoms with Crippen LogP contribution in [0.1, 0.15) is 0 Å². The Labute approximate surface area is 77.6 Å². The van der Waals surface area contributed by atoms with Gasteiger partial charge in [0.15, 0.2) is 0 Å². The highest BCUT2D eigenvalue weighted by Gasteiger charge is 2.09. The molecule has 0 fully saturated rings. The van der Waals surface area contributed by atoms with Crippen molar-refractivity contribution < 1.29 is 4.79 Å². The number of thioether (sulfide) groups is 1. The minimum Gasteiger partial charge on any atom is -0.344 e. The molecule has 0 aliphatic rings. The number of amides is 1. The first-order valence-electron chi connectivity index (χ1n) is 3.45. The van der Waals surface area contributed by atoms with Crippen LogP contribution in [0.25, 0.3) is 0 Å². The number of nitrogens with zero attached hydrogens (tertiary/aromatic N) is 1. The Morgan fingerprint density at radius 2 is 2.00 bits per heavy atom. The van der Waals surface area contributed by atoms with Crippen LogP contribution in [0.5, 0.6) is 0 Å². The van der Waals surface area contributed by atoms with Gasteiger partial charge in [0.25, 0.3) is 5.91 Å². The van der Waals surface area contributed by atoms with E-state index in [0.717, 1.165) is 0 Å². The first-order chi connectivity index (χ1) is 5.63. The molecule has 0 aliphatic heterocycles. The van der Waals surface area contributed by atoms with Crippen molar-refractivity contribution >= 4 is 17.7 Å². The zero-order valence-electron chi connectivity index (χ0n) is 7.41. The number of allylic oxidation sites excluding steroid dienone is 2. The Hall–Kier alpha value is -0.960. The number of carbonyl (C=O) groups is 1. The van der Waals surface area contributed by atoms with Crippen molar-refractivity contribution in [3.05, 3.63) is 35.6 Å². The van der Waals surface area contributed by atoms with Crippen LogP contribution >= 0.6 is 11.8 Å². The average Bonchev–Trinajstić information content (AvgIpc) is 2.03. The minimum atomic E-state index is -0.0280. The quantitative estimate of drug-likeness (QED) is 0.491. The fourth-order valence-corrected chi connectivity index (χ4v) is 1.22. The van der Waals surface area contributed by atoms with Crippen LogP contribution in [-0.2, 0) is 4.79 Å². The highest BCUT2D eigenvalue weighted by atomic mass is 32.2. The van der Waals surface area contributed by atoms with Crippen molar-refractivity contribution in [3.63, 3.8) is 0 Å². The third kappa shape index (κ3) is 3.44. The molecule has 0 atom stereocenters. The van der Waals surface area contributed by atoms with Crippen molar-refractivity contribution in [1.82, 2.24) is 4.90 Å². The summed E-state index contributed by atoms with van der Waals surface area (Å²) >= 11 is 1.30. The lowest BCUT2D eigenvalue weighted by atomic mass is 10.4. The minimum absolute atomic E-state index is 0.0280. The van der Waals surface area contributed by atoms with E-state index in [2.05, 4.69) is 13.2 Å². The normalized spacial score (nSPS) is 10.7. The van der Waals surface area contributed by atoms with Crippen LogP contribution in [0.15, 0.2) is 35.6 Å². The van der Waals surface area contributed by atoms with Gasteiger partial charge in [0.1, 0.15) is 0 Å². The molecule has 66 valence electrons. The van der Waals surface area contributed by atoms with Crippen molar-refractivity contribution in [2.75, 3.05) is 14.1 Å². The summed E-state index contributed by atoms with van der Waals surface area (Å²) in [5.74, 6) is -0.0280. The summed E-state index contributed by atoms with van der Waals surface area (Å²) in [5.41, 5.74) is 0. The predicted molar refractivity (Wildman–Crippen MR) is 54.8 cm³/mol. The van der Waals surface area contributed by atoms with E-state index in [1.54, 1.807) is 31.7 Å². The molecule has 0 heterocycles. The number of carbonyl (C=O) groups excluding carboxylic acids is 1. The van der Waals surface area contributed by atoms with Gasteiger partial charge in [-0.2, -0.15) is 0 Å². The molecule has 0 spiro atoms. The number of hydrogen-bond acceptors (Lipinski definition) is 2. The second-order valence-electron chi connectivity index (χ2n) is 2.25. The van der Waals surface area contributed by atoms with Gasteiger partial charge < -0.3 is 4.90 Å². The second-order valence-corrected chi connectivity index (χ2v) is 3.26. The predicted octanol–water partition coefficient (Wildman–Crippen LogP) is 2.02. The SMILES string of the molecule is C=C/C=C(\SC=C)C(=O)N(C)C. The monoisotopic (exact) mass is 183 g/mol. The lowest BCUT2D eigenvalue weighted by Gasteiger charge is -2.10. The van der Waals surface area contributed by atoms with Gasteiger partial charge in [0.2, 0.25) is 0 Å². The Bertz CT molecular complexity index is 219. The van der Waals surface area contributed by atoms with E-state index in [0.29, 0.717) is 4.91 Å². The van der Waals surface area contributed by atoms with Crippen LogP contribution in [-0.4, -0.2) is 24.9 Å². The lowest BCUT2D eigenvalue weighted by molar-refractivity contribution is -0.123. The van der Waals surface area contributed by atoms with Crippen molar-refractivity contribution in [2.24, 2.45) is 0 Å². The molecular formula is C9H13NOS. The zero-order valence-corrected chi connectivity index (χ0v) is 8.23. The average molecular weight is 183 g/mol. The maximum Gasteiger partial charge on any atom is 0.260 e. The fraction of sp³-hybridized carbons (Fsp3) is 0.222. The van der Waals surface area contributed by atoms with Crippen LogP contribution in [0.3, 0.4) is 0 Å². The van der Waals surface area contributed by atoms with Gasteiger partial charge >= 0.3 is 0 Å². The third-order valence-electron chi connectivity index (χ3n) is 1.10. The van der Waals surface area contributed by atoms with E-state index in [4.69, 9.17) is 0 Å². The van der Waals surface area contributed by atoms with E-state index >= 15 is 0 Å². The molecular weight excluding hydrogens is 170 g/mol. The van der Waals surface area contributed by atoms with Gasteiger partial charge in [-0.3, -0.25) is 4.79 Å². The molecule has 0 rings (SSSR count). The van der Waals surface area contributed by atoms with Gasteiger partial charge in [-0.1, -0.05) is 31.0 Å². The number of likely N-dealkylation sites (N-methyl/N-ethyl adjacent to an activating group) is 1. The summed E-state index contributed by atoms with van der Waals surface area (Å²) in [6, 6.07) is 0. The maximum atomic E-state index is 11.4. The Kier molecular flexibility index (Phi) is 5.21. The molecule has 1 amide bonds. The van der Waals surface area contributed by atoms with Gasteiger partial charge in [0.05, 0.1) is 4.91 Å². The number of rotatable bonds is 4. The first-order valence-corrected chi connectivity index (χ1v) is 4.33. The standard InChI is InChI=1S/C9H13NOS/c1-5-7-8(12-6-2)9(11)10(3)4/h5-7H,1-2H2,3-4H3/b8-7-. The fourth-order valence-electron chi connectivity index (χ4n) is 0.578. The van der Waals surface area contributed by atoms with E-state index in [1.807, 2.05) is 0 Å². The summed E-state index contributed by atoms with van der Waals surface area (Å²) in [5, 5.41) is 1.62. The Morgan fingerprint density at radius 1 is 1.42 bits per heavy atom. The van der Waals surface area contributed by atoms with Gasteiger partial charge in [-0.15, -0.1) is 0 Å². The Morgan fingerprint density at radius 3 is 2.33 bits per heavy atom. The van der Waals surface area contributed by atoms with Crippen LogP contribution in [0, 0.1) is 0 Å². The smallest absolute Gasteiger partial charge is 0.260 e. The van der Waals surface area contributed by atoms with Gasteiger partial charge in [0, 0.05) is 14.1 Å². The van der Waals surface area contributed by atoms with E-state index in [1.165, 1.54) is 16.7 Å². The van der Waals surface area contributed by atoms with E-state index in [9.17, 15) is 4.79 Å². The molecule has 2 nitrogen and oxygen atoms in total. The Balaban J connectivity index is 4.50. The molecule has 0 radical (unpaired) electrons. The first kappa shape index (κ1) is 11.0. The molecule has 0 saturated heterocycles. The molecule has 0 aliphatic carbocycles. The molecule has 0 aromatic carbocycles. The summed E-state index contributed by atoms with van der Waals surface area (Å²) in [6.07, 6.45) is 3.27. The molecule has 3 heteroatoms. The topological polar surface area (TPSA) is 20.3 Å². The largest absolute Gasteiger partial charge is 0.344 e. The molecule has 0 aromatic heterocycles. The summed E-state index contributed by atoms with van der Waals surface area (Å²) in [4.78, 5) is 13.5. The summed E-state index contributed by atoms with van der Waals surface area (Å²) in [7, 11) is 3.42. The molecule has 0 saturated carbocycles. The molecule has 0 aromatic rings. The van der Waals surface area contributed by atoms with E-state index in [-0.39, 0.29) is 5.91 Å². The molecule has 0 N–H and O–H groups in total. The summed E-state index contributed by atoms with van der Waals surface area (Å²) in [6.45, 7) is 7.07. The molecule has 12 heavy (non-hydrogen) atoms. The third-order valence-corrected chi connectivity index (χ3v) is 1.83. The van der Waals surface area contributed by atoms with Crippen molar-refractivity contribution in [1.29, 1.82) is 0 Å². The van der Waals surface area contributed by atoms with Crippen LogP contribution in [0.4, 0.5) is 0 Å². The van der Waals surface area contributed by atoms with Crippen LogP contribution in [0.2, 0.25) is 0 Å². The van der Waals surface area contributed by atoms with Crippen molar-refractivity contribution in [2.45, 2.75) is 0 Å².